The quantitative estimate of drug-likeness (QED) is 0.118. The van der Waals surface area contributed by atoms with Crippen molar-refractivity contribution in [2.75, 3.05) is 6.54 Å². The van der Waals surface area contributed by atoms with Crippen molar-refractivity contribution in [3.8, 4) is 0 Å². The Hall–Kier alpha value is -2.73. The number of azo groups is 1. The molecule has 0 atom stereocenters. The van der Waals surface area contributed by atoms with Crippen LogP contribution in [0.1, 0.15) is 12.8 Å². The van der Waals surface area contributed by atoms with Crippen LogP contribution in [0.5, 0.6) is 0 Å². The van der Waals surface area contributed by atoms with Crippen molar-refractivity contribution < 1.29 is 14.8 Å². The van der Waals surface area contributed by atoms with Crippen molar-refractivity contribution in [1.82, 2.24) is 0 Å². The van der Waals surface area contributed by atoms with E-state index in [9.17, 15) is 30.3 Å². The lowest BCUT2D eigenvalue weighted by atomic mass is 10.2. The molecule has 0 unspecified atom stereocenters. The first kappa shape index (κ1) is 15.3. The Kier molecular flexibility index (Phi) is 5.19. The van der Waals surface area contributed by atoms with Crippen LogP contribution in [0.2, 0.25) is 0 Å². The summed E-state index contributed by atoms with van der Waals surface area (Å²) < 4.78 is 0. The van der Waals surface area contributed by atoms with Crippen molar-refractivity contribution >= 4 is 5.96 Å². The monoisotopic (exact) mass is 263 g/mol. The Balaban J connectivity index is 4.73. The predicted molar refractivity (Wildman–Crippen MR) is 54.6 cm³/mol. The van der Waals surface area contributed by atoms with Gasteiger partial charge in [0, 0.05) is 0 Å². The molecule has 100 valence electrons. The molecule has 0 heterocycles. The minimum atomic E-state index is -3.48. The second kappa shape index (κ2) is 6.12. The number of nitrogens with one attached hydrogen (secondary N) is 1. The van der Waals surface area contributed by atoms with Gasteiger partial charge in [-0.3, -0.25) is 35.8 Å². The average Bonchev–Trinajstić information content (AvgIpc) is 2.20. The highest BCUT2D eigenvalue weighted by Gasteiger charge is 2.69. The standard InChI is InChI=1S/C5H9N7O6/c6-4(7)9-8-3-1-2-5(10(13)14,11(15)16)12(17)18/h1-3H2,(H3,6,7). The molecule has 0 radical (unpaired) electrons. The van der Waals surface area contributed by atoms with Gasteiger partial charge in [-0.15, -0.1) is 5.11 Å². The van der Waals surface area contributed by atoms with Gasteiger partial charge in [0.15, 0.2) is 21.2 Å². The van der Waals surface area contributed by atoms with E-state index in [1.54, 1.807) is 0 Å². The van der Waals surface area contributed by atoms with E-state index < -0.39 is 32.9 Å². The van der Waals surface area contributed by atoms with Crippen LogP contribution < -0.4 is 5.73 Å². The summed E-state index contributed by atoms with van der Waals surface area (Å²) in [5.41, 5.74) is 4.80. The lowest BCUT2D eigenvalue weighted by molar-refractivity contribution is -0.970. The molecule has 13 heteroatoms. The van der Waals surface area contributed by atoms with Crippen molar-refractivity contribution in [2.45, 2.75) is 18.6 Å². The van der Waals surface area contributed by atoms with Crippen molar-refractivity contribution in [3.63, 3.8) is 0 Å². The Morgan fingerprint density at radius 2 is 1.61 bits per heavy atom. The van der Waals surface area contributed by atoms with Crippen LogP contribution in [0.4, 0.5) is 0 Å². The second-order valence-electron chi connectivity index (χ2n) is 3.00. The maximum absolute atomic E-state index is 10.5. The maximum Gasteiger partial charge on any atom is 0.699 e. The number of nitro groups is 3. The first-order valence-corrected chi connectivity index (χ1v) is 4.40. The lowest BCUT2D eigenvalue weighted by Gasteiger charge is -2.07. The Labute approximate surface area is 98.6 Å². The van der Waals surface area contributed by atoms with Crippen LogP contribution in [0, 0.1) is 35.8 Å². The third-order valence-corrected chi connectivity index (χ3v) is 1.83. The maximum atomic E-state index is 10.5. The molecule has 13 nitrogen and oxygen atoms in total. The molecule has 0 aliphatic rings. The lowest BCUT2D eigenvalue weighted by Crippen LogP contribution is -2.53. The van der Waals surface area contributed by atoms with E-state index >= 15 is 0 Å². The highest BCUT2D eigenvalue weighted by atomic mass is 16.7. The van der Waals surface area contributed by atoms with Crippen molar-refractivity contribution in [1.29, 1.82) is 5.41 Å². The molecule has 0 bridgehead atoms. The van der Waals surface area contributed by atoms with Gasteiger partial charge in [0.1, 0.15) is 0 Å². The van der Waals surface area contributed by atoms with E-state index in [1.807, 2.05) is 0 Å². The van der Waals surface area contributed by atoms with Gasteiger partial charge in [0.25, 0.3) is 0 Å². The van der Waals surface area contributed by atoms with E-state index in [1.165, 1.54) is 0 Å². The van der Waals surface area contributed by atoms with Crippen LogP contribution in [-0.2, 0) is 0 Å². The Morgan fingerprint density at radius 1 is 1.17 bits per heavy atom. The van der Waals surface area contributed by atoms with Gasteiger partial charge < -0.3 is 5.73 Å². The van der Waals surface area contributed by atoms with Gasteiger partial charge in [-0.25, -0.2) is 0 Å². The normalized spacial score (nSPS) is 11.3. The second-order valence-corrected chi connectivity index (χ2v) is 3.00. The molecule has 0 aromatic heterocycles. The summed E-state index contributed by atoms with van der Waals surface area (Å²) in [7, 11) is 0. The summed E-state index contributed by atoms with van der Waals surface area (Å²) in [4.78, 5) is 26.8. The molecular weight excluding hydrogens is 254 g/mol. The van der Waals surface area contributed by atoms with Crippen molar-refractivity contribution in [2.24, 2.45) is 16.0 Å². The fraction of sp³-hybridized carbons (Fsp3) is 0.800. The average molecular weight is 263 g/mol. The molecule has 3 N–H and O–H groups in total. The molecular formula is C5H9N7O6. The number of nitrogens with two attached hydrogens (primary N) is 1. The highest BCUT2D eigenvalue weighted by Crippen LogP contribution is 2.19. The topological polar surface area (TPSA) is 204 Å². The zero-order chi connectivity index (χ0) is 14.3. The summed E-state index contributed by atoms with van der Waals surface area (Å²) in [6.07, 6.45) is -1.27. The third kappa shape index (κ3) is 3.39. The van der Waals surface area contributed by atoms with Crippen LogP contribution in [0.3, 0.4) is 0 Å². The fourth-order valence-electron chi connectivity index (χ4n) is 0.987. The van der Waals surface area contributed by atoms with Gasteiger partial charge in [-0.1, -0.05) is 0 Å². The summed E-state index contributed by atoms with van der Waals surface area (Å²) in [6, 6.07) is 0. The fourth-order valence-corrected chi connectivity index (χ4v) is 0.987. The Bertz CT molecular complexity index is 369. The van der Waals surface area contributed by atoms with Crippen LogP contribution in [-0.4, -0.2) is 33.1 Å². The summed E-state index contributed by atoms with van der Waals surface area (Å²) in [6.45, 7) is -0.253. The summed E-state index contributed by atoms with van der Waals surface area (Å²) in [5, 5.41) is 44.4. The zero-order valence-corrected chi connectivity index (χ0v) is 8.88. The predicted octanol–water partition coefficient (Wildman–Crippen LogP) is -0.404. The number of rotatable bonds is 7. The van der Waals surface area contributed by atoms with Crippen LogP contribution in [0.15, 0.2) is 10.2 Å². The SMILES string of the molecule is N=C(N)N=NCCCC([N+](=O)[O-])([N+](=O)[O-])[N+](=O)[O-]. The van der Waals surface area contributed by atoms with Gasteiger partial charge in [-0.2, -0.15) is 5.11 Å². The minimum Gasteiger partial charge on any atom is -0.367 e. The molecule has 0 aromatic carbocycles. The van der Waals surface area contributed by atoms with Crippen LogP contribution in [0.25, 0.3) is 0 Å². The van der Waals surface area contributed by atoms with E-state index in [-0.39, 0.29) is 13.0 Å². The van der Waals surface area contributed by atoms with E-state index in [4.69, 9.17) is 11.1 Å². The van der Waals surface area contributed by atoms with Gasteiger partial charge in [0.05, 0.1) is 6.54 Å². The first-order valence-electron chi connectivity index (χ1n) is 4.40. The summed E-state index contributed by atoms with van der Waals surface area (Å²) >= 11 is 0. The molecule has 0 aliphatic carbocycles. The number of nitrogens with zero attached hydrogens (tertiary/aromatic N) is 5. The largest absolute Gasteiger partial charge is 0.699 e. The van der Waals surface area contributed by atoms with Gasteiger partial charge in [-0.05, 0) is 6.42 Å². The third-order valence-electron chi connectivity index (χ3n) is 1.83. The summed E-state index contributed by atoms with van der Waals surface area (Å²) in [5.74, 6) is -4.09. The van der Waals surface area contributed by atoms with Crippen LogP contribution >= 0.6 is 0 Å². The molecule has 0 amide bonds. The minimum absolute atomic E-state index is 0.253. The number of hydrogen-bond donors (Lipinski definition) is 2. The molecule has 18 heavy (non-hydrogen) atoms. The molecule has 0 rings (SSSR count). The molecule has 0 spiro atoms. The smallest absolute Gasteiger partial charge is 0.367 e. The molecule has 0 saturated heterocycles. The van der Waals surface area contributed by atoms with E-state index in [0.717, 1.165) is 0 Å². The van der Waals surface area contributed by atoms with Gasteiger partial charge >= 0.3 is 5.79 Å². The van der Waals surface area contributed by atoms with Crippen molar-refractivity contribution in [3.05, 3.63) is 30.3 Å². The molecule has 0 aromatic rings. The number of guanidine groups is 1. The zero-order valence-electron chi connectivity index (χ0n) is 8.88. The Morgan fingerprint density at radius 3 is 1.94 bits per heavy atom. The molecule has 0 aliphatic heterocycles. The molecule has 0 saturated carbocycles. The molecule has 0 fully saturated rings. The first-order chi connectivity index (χ1) is 8.25. The van der Waals surface area contributed by atoms with Gasteiger partial charge in [0.2, 0.25) is 5.96 Å². The van der Waals surface area contributed by atoms with E-state index in [2.05, 4.69) is 10.2 Å². The number of hydrogen-bond acceptors (Lipinski definition) is 8. The van der Waals surface area contributed by atoms with E-state index in [0.29, 0.717) is 0 Å². The highest BCUT2D eigenvalue weighted by molar-refractivity contribution is 5.74.